The SMILES string of the molecule is CC(C)OC(=O)CC(CC(=O)OC(C)C)(OO)C(=O)OC(C)C. The van der Waals surface area contributed by atoms with Gasteiger partial charge in [0.05, 0.1) is 31.2 Å². The molecule has 0 aliphatic carbocycles. The number of hydrogen-bond acceptors (Lipinski definition) is 8. The van der Waals surface area contributed by atoms with Crippen LogP contribution in [0.4, 0.5) is 0 Å². The molecule has 1 N–H and O–H groups in total. The Labute approximate surface area is 136 Å². The maximum atomic E-state index is 12.2. The summed E-state index contributed by atoms with van der Waals surface area (Å²) >= 11 is 0. The van der Waals surface area contributed by atoms with E-state index in [-0.39, 0.29) is 0 Å². The topological polar surface area (TPSA) is 108 Å². The maximum absolute atomic E-state index is 12.2. The molecule has 0 fully saturated rings. The molecule has 0 saturated heterocycles. The molecular weight excluding hydrogens is 308 g/mol. The zero-order valence-electron chi connectivity index (χ0n) is 14.5. The third kappa shape index (κ3) is 7.94. The normalized spacial score (nSPS) is 11.7. The van der Waals surface area contributed by atoms with E-state index in [0.717, 1.165) is 0 Å². The first-order chi connectivity index (χ1) is 10.5. The highest BCUT2D eigenvalue weighted by atomic mass is 17.1. The summed E-state index contributed by atoms with van der Waals surface area (Å²) in [6.07, 6.45) is -2.74. The molecule has 0 radical (unpaired) electrons. The molecule has 0 unspecified atom stereocenters. The minimum Gasteiger partial charge on any atom is -0.463 e. The average Bonchev–Trinajstić information content (AvgIpc) is 2.34. The van der Waals surface area contributed by atoms with Crippen molar-refractivity contribution in [3.8, 4) is 0 Å². The quantitative estimate of drug-likeness (QED) is 0.294. The molecule has 8 nitrogen and oxygen atoms in total. The number of carbonyl (C=O) groups excluding carboxylic acids is 3. The van der Waals surface area contributed by atoms with Gasteiger partial charge >= 0.3 is 17.9 Å². The van der Waals surface area contributed by atoms with Crippen molar-refractivity contribution in [1.29, 1.82) is 0 Å². The Morgan fingerprint density at radius 2 is 1.13 bits per heavy atom. The largest absolute Gasteiger partial charge is 0.463 e. The van der Waals surface area contributed by atoms with Crippen LogP contribution in [0.25, 0.3) is 0 Å². The molecule has 0 atom stereocenters. The Morgan fingerprint density at radius 1 is 0.783 bits per heavy atom. The van der Waals surface area contributed by atoms with Crippen molar-refractivity contribution < 1.29 is 38.7 Å². The van der Waals surface area contributed by atoms with Crippen LogP contribution in [-0.2, 0) is 33.5 Å². The second kappa shape index (κ2) is 9.46. The van der Waals surface area contributed by atoms with Crippen LogP contribution < -0.4 is 0 Å². The fraction of sp³-hybridized carbons (Fsp3) is 0.800. The van der Waals surface area contributed by atoms with E-state index >= 15 is 0 Å². The Kier molecular flexibility index (Phi) is 8.78. The summed E-state index contributed by atoms with van der Waals surface area (Å²) in [5.41, 5.74) is -2.21. The molecule has 0 rings (SSSR count). The van der Waals surface area contributed by atoms with E-state index in [0.29, 0.717) is 0 Å². The lowest BCUT2D eigenvalue weighted by molar-refractivity contribution is -0.321. The van der Waals surface area contributed by atoms with Gasteiger partial charge in [0.25, 0.3) is 0 Å². The zero-order chi connectivity index (χ0) is 18.2. The molecule has 0 aromatic rings. The van der Waals surface area contributed by atoms with Crippen molar-refractivity contribution in [3.63, 3.8) is 0 Å². The first kappa shape index (κ1) is 21.3. The maximum Gasteiger partial charge on any atom is 0.343 e. The molecule has 0 heterocycles. The monoisotopic (exact) mass is 334 g/mol. The molecule has 8 heteroatoms. The molecule has 0 aliphatic rings. The second-order valence-corrected chi connectivity index (χ2v) is 5.97. The zero-order valence-corrected chi connectivity index (χ0v) is 14.5. The second-order valence-electron chi connectivity index (χ2n) is 5.97. The molecule has 0 spiro atoms. The fourth-order valence-corrected chi connectivity index (χ4v) is 1.71. The van der Waals surface area contributed by atoms with Crippen molar-refractivity contribution >= 4 is 17.9 Å². The van der Waals surface area contributed by atoms with Gasteiger partial charge in [-0.1, -0.05) is 0 Å². The van der Waals surface area contributed by atoms with E-state index in [4.69, 9.17) is 14.2 Å². The summed E-state index contributed by atoms with van der Waals surface area (Å²) in [7, 11) is 0. The van der Waals surface area contributed by atoms with Gasteiger partial charge in [0.1, 0.15) is 0 Å². The van der Waals surface area contributed by atoms with Crippen LogP contribution in [0.5, 0.6) is 0 Å². The predicted molar refractivity (Wildman–Crippen MR) is 79.4 cm³/mol. The third-order valence-electron chi connectivity index (χ3n) is 2.48. The van der Waals surface area contributed by atoms with Gasteiger partial charge < -0.3 is 14.2 Å². The summed E-state index contributed by atoms with van der Waals surface area (Å²) in [5.74, 6) is -2.67. The Balaban J connectivity index is 5.32. The molecular formula is C15H26O8. The average molecular weight is 334 g/mol. The van der Waals surface area contributed by atoms with E-state index < -0.39 is 54.7 Å². The Morgan fingerprint density at radius 3 is 1.39 bits per heavy atom. The number of rotatable bonds is 9. The highest BCUT2D eigenvalue weighted by molar-refractivity contribution is 5.90. The van der Waals surface area contributed by atoms with Crippen molar-refractivity contribution in [3.05, 3.63) is 0 Å². The third-order valence-corrected chi connectivity index (χ3v) is 2.48. The van der Waals surface area contributed by atoms with Gasteiger partial charge in [-0.15, -0.1) is 0 Å². The minimum atomic E-state index is -2.21. The van der Waals surface area contributed by atoms with Crippen LogP contribution in [0.1, 0.15) is 54.4 Å². The molecule has 0 bridgehead atoms. The van der Waals surface area contributed by atoms with E-state index in [2.05, 4.69) is 4.89 Å². The number of ether oxygens (including phenoxy) is 3. The van der Waals surface area contributed by atoms with E-state index in [1.54, 1.807) is 41.5 Å². The molecule has 0 amide bonds. The number of esters is 3. The molecule has 23 heavy (non-hydrogen) atoms. The van der Waals surface area contributed by atoms with Crippen LogP contribution in [0.2, 0.25) is 0 Å². The summed E-state index contributed by atoms with van der Waals surface area (Å²) in [5, 5.41) is 9.21. The Hall–Kier alpha value is -1.67. The smallest absolute Gasteiger partial charge is 0.343 e. The molecule has 0 aromatic carbocycles. The Bertz CT molecular complexity index is 390. The van der Waals surface area contributed by atoms with Gasteiger partial charge in [-0.05, 0) is 41.5 Å². The minimum absolute atomic E-state index is 0.428. The number of carbonyl (C=O) groups is 3. The van der Waals surface area contributed by atoms with Crippen LogP contribution in [0, 0.1) is 0 Å². The van der Waals surface area contributed by atoms with Crippen LogP contribution >= 0.6 is 0 Å². The van der Waals surface area contributed by atoms with Gasteiger partial charge in [0.15, 0.2) is 0 Å². The van der Waals surface area contributed by atoms with E-state index in [1.165, 1.54) is 0 Å². The lowest BCUT2D eigenvalue weighted by Crippen LogP contribution is -2.47. The molecule has 0 aliphatic heterocycles. The standard InChI is InChI=1S/C15H26O8/c1-9(2)20-12(16)7-15(23-19,14(18)22-11(5)6)8-13(17)21-10(3)4/h9-11,19H,7-8H2,1-6H3. The van der Waals surface area contributed by atoms with Gasteiger partial charge in [-0.25, -0.2) is 9.68 Å². The molecule has 0 saturated carbocycles. The summed E-state index contributed by atoms with van der Waals surface area (Å²) in [4.78, 5) is 40.2. The predicted octanol–water partition coefficient (Wildman–Crippen LogP) is 1.85. The van der Waals surface area contributed by atoms with E-state index in [1.807, 2.05) is 0 Å². The first-order valence-corrected chi connectivity index (χ1v) is 7.45. The highest BCUT2D eigenvalue weighted by Gasteiger charge is 2.48. The first-order valence-electron chi connectivity index (χ1n) is 7.45. The lowest BCUT2D eigenvalue weighted by Gasteiger charge is -2.28. The molecule has 134 valence electrons. The summed E-state index contributed by atoms with van der Waals surface area (Å²) < 4.78 is 14.8. The fourth-order valence-electron chi connectivity index (χ4n) is 1.71. The van der Waals surface area contributed by atoms with Crippen molar-refractivity contribution in [2.24, 2.45) is 0 Å². The number of hydrogen-bond donors (Lipinski definition) is 1. The van der Waals surface area contributed by atoms with Crippen molar-refractivity contribution in [2.75, 3.05) is 0 Å². The van der Waals surface area contributed by atoms with Crippen molar-refractivity contribution in [2.45, 2.75) is 78.3 Å². The van der Waals surface area contributed by atoms with Crippen LogP contribution in [0.15, 0.2) is 0 Å². The molecule has 0 aromatic heterocycles. The summed E-state index contributed by atoms with van der Waals surface area (Å²) in [6, 6.07) is 0. The lowest BCUT2D eigenvalue weighted by atomic mass is 9.95. The van der Waals surface area contributed by atoms with Gasteiger partial charge in [-0.2, -0.15) is 0 Å². The van der Waals surface area contributed by atoms with E-state index in [9.17, 15) is 19.6 Å². The van der Waals surface area contributed by atoms with Crippen molar-refractivity contribution in [1.82, 2.24) is 0 Å². The van der Waals surface area contributed by atoms with Crippen LogP contribution in [-0.4, -0.2) is 47.1 Å². The van der Waals surface area contributed by atoms with Gasteiger partial charge in [0.2, 0.25) is 5.60 Å². The summed E-state index contributed by atoms with van der Waals surface area (Å²) in [6.45, 7) is 9.66. The highest BCUT2D eigenvalue weighted by Crippen LogP contribution is 2.25. The van der Waals surface area contributed by atoms with Crippen LogP contribution in [0.3, 0.4) is 0 Å². The van der Waals surface area contributed by atoms with Gasteiger partial charge in [-0.3, -0.25) is 14.8 Å². The van der Waals surface area contributed by atoms with Gasteiger partial charge in [0, 0.05) is 0 Å².